The molecule has 5 rings (SSSR count). The van der Waals surface area contributed by atoms with E-state index in [0.717, 1.165) is 43.0 Å². The Kier molecular flexibility index (Phi) is 4.85. The fraction of sp³-hybridized carbons (Fsp3) is 0.500. The molecule has 2 saturated heterocycles. The Morgan fingerprint density at radius 1 is 1.23 bits per heavy atom. The van der Waals surface area contributed by atoms with Crippen molar-refractivity contribution < 1.29 is 9.32 Å². The van der Waals surface area contributed by atoms with Gasteiger partial charge in [0.25, 0.3) is 0 Å². The molecule has 162 valence electrons. The van der Waals surface area contributed by atoms with Crippen LogP contribution in [0.3, 0.4) is 0 Å². The van der Waals surface area contributed by atoms with Crippen LogP contribution in [0.1, 0.15) is 36.2 Å². The van der Waals surface area contributed by atoms with E-state index in [0.29, 0.717) is 24.7 Å². The first-order valence-corrected chi connectivity index (χ1v) is 10.7. The van der Waals surface area contributed by atoms with Gasteiger partial charge in [-0.3, -0.25) is 19.4 Å². The minimum Gasteiger partial charge on any atom is -0.341 e. The second kappa shape index (κ2) is 7.56. The Morgan fingerprint density at radius 2 is 2.00 bits per heavy atom. The van der Waals surface area contributed by atoms with Crippen LogP contribution in [0.4, 0.5) is 0 Å². The molecule has 1 atom stereocenters. The minimum absolute atomic E-state index is 0.0787. The number of aromatic nitrogens is 5. The van der Waals surface area contributed by atoms with E-state index in [4.69, 9.17) is 4.52 Å². The molecule has 5 heterocycles. The number of nitrogens with zero attached hydrogens (tertiary/aromatic N) is 7. The van der Waals surface area contributed by atoms with Crippen molar-refractivity contribution in [1.29, 1.82) is 0 Å². The number of carbonyl (C=O) groups excluding carboxylic acids is 1. The van der Waals surface area contributed by atoms with E-state index >= 15 is 0 Å². The minimum atomic E-state index is 0.0787. The molecule has 0 radical (unpaired) electrons. The molecule has 2 fully saturated rings. The molecule has 0 aromatic carbocycles. The summed E-state index contributed by atoms with van der Waals surface area (Å²) in [5.41, 5.74) is 3.08. The number of likely N-dealkylation sites (tertiary alicyclic amines) is 2. The molecular weight excluding hydrogens is 394 g/mol. The quantitative estimate of drug-likeness (QED) is 0.624. The Labute approximate surface area is 181 Å². The van der Waals surface area contributed by atoms with Crippen LogP contribution in [0.2, 0.25) is 0 Å². The Morgan fingerprint density at radius 3 is 2.71 bits per heavy atom. The summed E-state index contributed by atoms with van der Waals surface area (Å²) in [6.07, 6.45) is 4.84. The molecule has 1 unspecified atom stereocenters. The molecule has 1 spiro atoms. The summed E-state index contributed by atoms with van der Waals surface area (Å²) in [5, 5.41) is 8.59. The highest BCUT2D eigenvalue weighted by Gasteiger charge is 2.53. The highest BCUT2D eigenvalue weighted by molar-refractivity contribution is 5.77. The number of rotatable bonds is 5. The monoisotopic (exact) mass is 421 g/mol. The summed E-state index contributed by atoms with van der Waals surface area (Å²) in [6, 6.07) is 5.86. The maximum atomic E-state index is 12.7. The zero-order valence-corrected chi connectivity index (χ0v) is 18.2. The number of hydrogen-bond acceptors (Lipinski definition) is 7. The van der Waals surface area contributed by atoms with Crippen LogP contribution in [0, 0.1) is 19.3 Å². The molecule has 9 heteroatoms. The van der Waals surface area contributed by atoms with Gasteiger partial charge in [0.05, 0.1) is 11.7 Å². The van der Waals surface area contributed by atoms with Crippen LogP contribution in [-0.4, -0.2) is 67.3 Å². The summed E-state index contributed by atoms with van der Waals surface area (Å²) >= 11 is 0. The van der Waals surface area contributed by atoms with Crippen molar-refractivity contribution in [3.05, 3.63) is 47.9 Å². The standard InChI is InChI=1S/C22H27N7O2/c1-15-10-16(2)29(25-15)9-6-19(30)28-13-22(14-28)11-18(27(3)12-22)21-24-20(26-31-21)17-4-7-23-8-5-17/h4-5,7-8,10,18H,6,9,11-14H2,1-3H3. The second-order valence-electron chi connectivity index (χ2n) is 8.98. The van der Waals surface area contributed by atoms with Gasteiger partial charge in [0.15, 0.2) is 0 Å². The SMILES string of the molecule is Cc1cc(C)n(CCC(=O)N2CC3(CC(c4nc(-c5ccncc5)no4)N(C)C3)C2)n1. The van der Waals surface area contributed by atoms with E-state index < -0.39 is 0 Å². The largest absolute Gasteiger partial charge is 0.341 e. The third kappa shape index (κ3) is 3.74. The Balaban J connectivity index is 1.18. The molecular formula is C22H27N7O2. The summed E-state index contributed by atoms with van der Waals surface area (Å²) in [4.78, 5) is 25.6. The molecule has 3 aromatic heterocycles. The van der Waals surface area contributed by atoms with Crippen molar-refractivity contribution in [2.75, 3.05) is 26.7 Å². The summed E-state index contributed by atoms with van der Waals surface area (Å²) in [5.74, 6) is 1.42. The van der Waals surface area contributed by atoms with Crippen molar-refractivity contribution in [2.24, 2.45) is 5.41 Å². The lowest BCUT2D eigenvalue weighted by molar-refractivity contribution is -0.143. The Hall–Kier alpha value is -3.07. The van der Waals surface area contributed by atoms with E-state index in [2.05, 4.69) is 32.2 Å². The van der Waals surface area contributed by atoms with E-state index in [1.165, 1.54) is 0 Å². The number of aryl methyl sites for hydroxylation is 3. The van der Waals surface area contributed by atoms with Crippen LogP contribution < -0.4 is 0 Å². The van der Waals surface area contributed by atoms with Crippen molar-refractivity contribution in [1.82, 2.24) is 34.7 Å². The third-order valence-corrected chi connectivity index (χ3v) is 6.45. The molecule has 0 saturated carbocycles. The predicted molar refractivity (Wildman–Crippen MR) is 113 cm³/mol. The number of pyridine rings is 1. The van der Waals surface area contributed by atoms with E-state index in [-0.39, 0.29) is 17.4 Å². The van der Waals surface area contributed by atoms with Gasteiger partial charge >= 0.3 is 0 Å². The first-order valence-electron chi connectivity index (χ1n) is 10.7. The molecule has 2 aliphatic rings. The molecule has 0 N–H and O–H groups in total. The van der Waals surface area contributed by atoms with Gasteiger partial charge in [-0.05, 0) is 45.5 Å². The fourth-order valence-electron chi connectivity index (χ4n) is 4.96. The normalized spacial score (nSPS) is 20.4. The van der Waals surface area contributed by atoms with Gasteiger partial charge in [-0.25, -0.2) is 0 Å². The van der Waals surface area contributed by atoms with Crippen molar-refractivity contribution >= 4 is 5.91 Å². The first kappa shape index (κ1) is 19.9. The first-order chi connectivity index (χ1) is 14.9. The zero-order chi connectivity index (χ0) is 21.6. The third-order valence-electron chi connectivity index (χ3n) is 6.45. The topological polar surface area (TPSA) is 93.2 Å². The highest BCUT2D eigenvalue weighted by atomic mass is 16.5. The molecule has 31 heavy (non-hydrogen) atoms. The summed E-state index contributed by atoms with van der Waals surface area (Å²) in [7, 11) is 2.09. The average Bonchev–Trinajstić information content (AvgIpc) is 3.42. The van der Waals surface area contributed by atoms with Crippen LogP contribution in [0.5, 0.6) is 0 Å². The molecule has 0 bridgehead atoms. The molecule has 1 amide bonds. The smallest absolute Gasteiger partial charge is 0.244 e. The van der Waals surface area contributed by atoms with Gasteiger partial charge in [-0.1, -0.05) is 5.16 Å². The lowest BCUT2D eigenvalue weighted by Crippen LogP contribution is -2.59. The lowest BCUT2D eigenvalue weighted by Gasteiger charge is -2.48. The van der Waals surface area contributed by atoms with E-state index in [9.17, 15) is 4.79 Å². The van der Waals surface area contributed by atoms with Crippen molar-refractivity contribution in [3.8, 4) is 11.4 Å². The van der Waals surface area contributed by atoms with Crippen LogP contribution in [-0.2, 0) is 11.3 Å². The summed E-state index contributed by atoms with van der Waals surface area (Å²) in [6.45, 7) is 7.12. The molecule has 2 aliphatic heterocycles. The maximum Gasteiger partial charge on any atom is 0.244 e. The Bertz CT molecular complexity index is 1080. The number of hydrogen-bond donors (Lipinski definition) is 0. The van der Waals surface area contributed by atoms with Crippen LogP contribution in [0.25, 0.3) is 11.4 Å². The van der Waals surface area contributed by atoms with Gasteiger partial charge in [0.1, 0.15) is 0 Å². The van der Waals surface area contributed by atoms with Gasteiger partial charge in [0.2, 0.25) is 17.6 Å². The van der Waals surface area contributed by atoms with Gasteiger partial charge in [-0.2, -0.15) is 10.1 Å². The average molecular weight is 422 g/mol. The van der Waals surface area contributed by atoms with Crippen molar-refractivity contribution in [2.45, 2.75) is 39.3 Å². The van der Waals surface area contributed by atoms with Gasteiger partial charge < -0.3 is 9.42 Å². The second-order valence-corrected chi connectivity index (χ2v) is 8.98. The molecule has 3 aromatic rings. The van der Waals surface area contributed by atoms with Gasteiger partial charge in [-0.15, -0.1) is 0 Å². The maximum absolute atomic E-state index is 12.7. The van der Waals surface area contributed by atoms with Gasteiger partial charge in [0, 0.05) is 61.7 Å². The summed E-state index contributed by atoms with van der Waals surface area (Å²) < 4.78 is 7.51. The predicted octanol–water partition coefficient (Wildman–Crippen LogP) is 2.24. The highest BCUT2D eigenvalue weighted by Crippen LogP contribution is 2.47. The fourth-order valence-corrected chi connectivity index (χ4v) is 4.96. The van der Waals surface area contributed by atoms with E-state index in [1.54, 1.807) is 12.4 Å². The van der Waals surface area contributed by atoms with Crippen LogP contribution in [0.15, 0.2) is 35.1 Å². The lowest BCUT2D eigenvalue weighted by atomic mass is 9.77. The van der Waals surface area contributed by atoms with Crippen molar-refractivity contribution in [3.63, 3.8) is 0 Å². The number of amides is 1. The molecule has 0 aliphatic carbocycles. The number of carbonyl (C=O) groups is 1. The molecule has 9 nitrogen and oxygen atoms in total. The van der Waals surface area contributed by atoms with E-state index in [1.807, 2.05) is 41.6 Å². The zero-order valence-electron chi connectivity index (χ0n) is 18.2. The van der Waals surface area contributed by atoms with Crippen LogP contribution >= 0.6 is 0 Å².